The van der Waals surface area contributed by atoms with Gasteiger partial charge < -0.3 is 23.7 Å². The van der Waals surface area contributed by atoms with Crippen molar-refractivity contribution in [3.05, 3.63) is 59.7 Å². The zero-order chi connectivity index (χ0) is 21.8. The highest BCUT2D eigenvalue weighted by atomic mass is 16.6. The molecule has 0 bridgehead atoms. The van der Waals surface area contributed by atoms with Crippen LogP contribution in [0.3, 0.4) is 0 Å². The van der Waals surface area contributed by atoms with Gasteiger partial charge in [0.15, 0.2) is 6.10 Å². The Morgan fingerprint density at radius 1 is 0.933 bits per heavy atom. The summed E-state index contributed by atoms with van der Waals surface area (Å²) in [5.74, 6) is 1.88. The zero-order valence-electron chi connectivity index (χ0n) is 18.1. The number of carbonyl (C=O) groups excluding carboxylic acids is 1. The van der Waals surface area contributed by atoms with Gasteiger partial charge in [-0.25, -0.2) is 4.79 Å². The molecule has 0 saturated heterocycles. The van der Waals surface area contributed by atoms with Gasteiger partial charge in [-0.1, -0.05) is 18.2 Å². The van der Waals surface area contributed by atoms with E-state index in [1.807, 2.05) is 61.5 Å². The van der Waals surface area contributed by atoms with Crippen molar-refractivity contribution in [2.75, 3.05) is 34.0 Å². The predicted molar refractivity (Wildman–Crippen MR) is 116 cm³/mol. The molecule has 0 aliphatic heterocycles. The number of benzene rings is 2. The molecule has 0 fully saturated rings. The second-order valence-electron chi connectivity index (χ2n) is 6.40. The van der Waals surface area contributed by atoms with Gasteiger partial charge in [0.1, 0.15) is 23.9 Å². The van der Waals surface area contributed by atoms with E-state index in [0.717, 1.165) is 28.4 Å². The van der Waals surface area contributed by atoms with E-state index in [0.29, 0.717) is 26.2 Å². The SMILES string of the molecule is CCOC(=O)[C@H](Cc1ccc(OC/C=C/c2cc(OC)cc(OC)c2)cc1)OCC. The average molecular weight is 414 g/mol. The van der Waals surface area contributed by atoms with Gasteiger partial charge in [-0.15, -0.1) is 0 Å². The molecule has 0 amide bonds. The summed E-state index contributed by atoms with van der Waals surface area (Å²) in [6.45, 7) is 4.86. The van der Waals surface area contributed by atoms with Crippen LogP contribution in [0.1, 0.15) is 25.0 Å². The third-order valence-corrected chi connectivity index (χ3v) is 4.29. The van der Waals surface area contributed by atoms with Gasteiger partial charge in [-0.2, -0.15) is 0 Å². The zero-order valence-corrected chi connectivity index (χ0v) is 18.1. The Labute approximate surface area is 178 Å². The molecule has 2 aromatic rings. The number of rotatable bonds is 12. The van der Waals surface area contributed by atoms with Crippen LogP contribution in [-0.2, 0) is 20.7 Å². The molecular formula is C24H30O6. The third-order valence-electron chi connectivity index (χ3n) is 4.29. The molecule has 0 spiro atoms. The van der Waals surface area contributed by atoms with Crippen LogP contribution in [0.15, 0.2) is 48.5 Å². The molecule has 1 atom stereocenters. The Morgan fingerprint density at radius 2 is 1.60 bits per heavy atom. The largest absolute Gasteiger partial charge is 0.497 e. The minimum atomic E-state index is -0.593. The molecule has 0 heterocycles. The van der Waals surface area contributed by atoms with E-state index in [2.05, 4.69) is 0 Å². The molecule has 0 saturated carbocycles. The lowest BCUT2D eigenvalue weighted by molar-refractivity contribution is -0.156. The lowest BCUT2D eigenvalue weighted by Gasteiger charge is -2.15. The number of esters is 1. The molecule has 0 aromatic heterocycles. The monoisotopic (exact) mass is 414 g/mol. The standard InChI is InChI=1S/C24H30O6/c1-5-28-23(24(25)29-6-2)16-18-9-11-20(12-10-18)30-13-7-8-19-14-21(26-3)17-22(15-19)27-4/h7-12,14-15,17,23H,5-6,13,16H2,1-4H3/b8-7+/t23-/m0/s1. The maximum atomic E-state index is 12.0. The summed E-state index contributed by atoms with van der Waals surface area (Å²) in [6.07, 6.45) is 3.74. The minimum absolute atomic E-state index is 0.334. The number of hydrogen-bond donors (Lipinski definition) is 0. The normalized spacial score (nSPS) is 11.9. The Kier molecular flexibility index (Phi) is 9.74. The topological polar surface area (TPSA) is 63.2 Å². The van der Waals surface area contributed by atoms with Crippen molar-refractivity contribution < 1.29 is 28.5 Å². The summed E-state index contributed by atoms with van der Waals surface area (Å²) in [7, 11) is 3.25. The summed E-state index contributed by atoms with van der Waals surface area (Å²) in [5, 5.41) is 0. The summed E-state index contributed by atoms with van der Waals surface area (Å²) >= 11 is 0. The van der Waals surface area contributed by atoms with Gasteiger partial charge in [0.25, 0.3) is 0 Å². The Bertz CT molecular complexity index is 791. The highest BCUT2D eigenvalue weighted by molar-refractivity contribution is 5.75. The van der Waals surface area contributed by atoms with Crippen molar-refractivity contribution in [2.45, 2.75) is 26.4 Å². The van der Waals surface area contributed by atoms with Crippen molar-refractivity contribution in [3.63, 3.8) is 0 Å². The van der Waals surface area contributed by atoms with Gasteiger partial charge >= 0.3 is 5.97 Å². The molecule has 0 radical (unpaired) electrons. The number of ether oxygens (including phenoxy) is 5. The van der Waals surface area contributed by atoms with Gasteiger partial charge in [-0.3, -0.25) is 0 Å². The Hall–Kier alpha value is -2.99. The first kappa shape index (κ1) is 23.3. The smallest absolute Gasteiger partial charge is 0.335 e. The van der Waals surface area contributed by atoms with Crippen molar-refractivity contribution in [3.8, 4) is 17.2 Å². The van der Waals surface area contributed by atoms with Gasteiger partial charge in [-0.05, 0) is 55.3 Å². The maximum Gasteiger partial charge on any atom is 0.335 e. The van der Waals surface area contributed by atoms with E-state index in [1.165, 1.54) is 0 Å². The first-order valence-corrected chi connectivity index (χ1v) is 9.99. The van der Waals surface area contributed by atoms with E-state index in [9.17, 15) is 4.79 Å². The molecular weight excluding hydrogens is 384 g/mol. The van der Waals surface area contributed by atoms with Crippen LogP contribution in [0.2, 0.25) is 0 Å². The summed E-state index contributed by atoms with van der Waals surface area (Å²) in [5.41, 5.74) is 1.94. The van der Waals surface area contributed by atoms with Crippen molar-refractivity contribution in [1.82, 2.24) is 0 Å². The summed E-state index contributed by atoms with van der Waals surface area (Å²) < 4.78 is 26.9. The van der Waals surface area contributed by atoms with Crippen LogP contribution >= 0.6 is 0 Å². The van der Waals surface area contributed by atoms with E-state index in [1.54, 1.807) is 21.1 Å². The average Bonchev–Trinajstić information content (AvgIpc) is 2.77. The van der Waals surface area contributed by atoms with E-state index < -0.39 is 6.10 Å². The van der Waals surface area contributed by atoms with E-state index in [-0.39, 0.29) is 5.97 Å². The number of methoxy groups -OCH3 is 2. The quantitative estimate of drug-likeness (QED) is 0.483. The van der Waals surface area contributed by atoms with Crippen LogP contribution in [0.5, 0.6) is 17.2 Å². The van der Waals surface area contributed by atoms with Crippen LogP contribution in [0.4, 0.5) is 0 Å². The fourth-order valence-electron chi connectivity index (χ4n) is 2.84. The van der Waals surface area contributed by atoms with Gasteiger partial charge in [0.2, 0.25) is 0 Å². The molecule has 30 heavy (non-hydrogen) atoms. The lowest BCUT2D eigenvalue weighted by atomic mass is 10.1. The Balaban J connectivity index is 1.90. The van der Waals surface area contributed by atoms with Crippen LogP contribution in [-0.4, -0.2) is 46.1 Å². The molecule has 0 aliphatic carbocycles. The fraction of sp³-hybridized carbons (Fsp3) is 0.375. The van der Waals surface area contributed by atoms with Crippen LogP contribution < -0.4 is 14.2 Å². The maximum absolute atomic E-state index is 12.0. The molecule has 0 aliphatic rings. The predicted octanol–water partition coefficient (Wildman–Crippen LogP) is 4.31. The van der Waals surface area contributed by atoms with Crippen molar-refractivity contribution in [1.29, 1.82) is 0 Å². The first-order valence-electron chi connectivity index (χ1n) is 9.99. The van der Waals surface area contributed by atoms with Gasteiger partial charge in [0.05, 0.1) is 20.8 Å². The first-order chi connectivity index (χ1) is 14.6. The molecule has 6 heteroatoms. The van der Waals surface area contributed by atoms with Crippen LogP contribution in [0.25, 0.3) is 6.08 Å². The number of hydrogen-bond acceptors (Lipinski definition) is 6. The summed E-state index contributed by atoms with van der Waals surface area (Å²) in [4.78, 5) is 12.0. The number of carbonyl (C=O) groups is 1. The van der Waals surface area contributed by atoms with Crippen LogP contribution in [0, 0.1) is 0 Å². The summed E-state index contributed by atoms with van der Waals surface area (Å²) in [6, 6.07) is 13.3. The van der Waals surface area contributed by atoms with E-state index >= 15 is 0 Å². The van der Waals surface area contributed by atoms with E-state index in [4.69, 9.17) is 23.7 Å². The lowest BCUT2D eigenvalue weighted by Crippen LogP contribution is -2.28. The van der Waals surface area contributed by atoms with Gasteiger partial charge in [0, 0.05) is 19.1 Å². The molecule has 0 unspecified atom stereocenters. The highest BCUT2D eigenvalue weighted by Gasteiger charge is 2.20. The molecule has 2 rings (SSSR count). The third kappa shape index (κ3) is 7.44. The van der Waals surface area contributed by atoms with Crippen molar-refractivity contribution >= 4 is 12.0 Å². The minimum Gasteiger partial charge on any atom is -0.497 e. The fourth-order valence-corrected chi connectivity index (χ4v) is 2.84. The second-order valence-corrected chi connectivity index (χ2v) is 6.40. The molecule has 6 nitrogen and oxygen atoms in total. The Morgan fingerprint density at radius 3 is 2.17 bits per heavy atom. The van der Waals surface area contributed by atoms with Crippen molar-refractivity contribution in [2.24, 2.45) is 0 Å². The molecule has 2 aromatic carbocycles. The second kappa shape index (κ2) is 12.5. The molecule has 0 N–H and O–H groups in total. The highest BCUT2D eigenvalue weighted by Crippen LogP contribution is 2.23. The molecule has 162 valence electrons.